The van der Waals surface area contributed by atoms with Gasteiger partial charge in [0.2, 0.25) is 11.8 Å². The van der Waals surface area contributed by atoms with Gasteiger partial charge in [-0.3, -0.25) is 14.5 Å². The minimum atomic E-state index is 0.0484. The van der Waals surface area contributed by atoms with Crippen LogP contribution in [0.15, 0.2) is 24.3 Å². The zero-order chi connectivity index (χ0) is 30.8. The van der Waals surface area contributed by atoms with Crippen LogP contribution < -0.4 is 0 Å². The Kier molecular flexibility index (Phi) is 33.0. The molecule has 0 unspecified atom stereocenters. The molecule has 0 spiro atoms. The number of carbonyl (C=O) groups excluding carboxylic acids is 2. The molecule has 0 atom stereocenters. The minimum absolute atomic E-state index is 0.0484. The van der Waals surface area contributed by atoms with E-state index in [1.165, 1.54) is 141 Å². The first-order chi connectivity index (χ1) is 20.7. The summed E-state index contributed by atoms with van der Waals surface area (Å²) in [5.41, 5.74) is 0. The van der Waals surface area contributed by atoms with E-state index >= 15 is 0 Å². The Bertz CT molecular complexity index is 586. The van der Waals surface area contributed by atoms with Crippen molar-refractivity contribution in [2.24, 2.45) is 0 Å². The van der Waals surface area contributed by atoms with E-state index in [0.29, 0.717) is 19.4 Å². The van der Waals surface area contributed by atoms with Crippen LogP contribution in [0.3, 0.4) is 0 Å². The van der Waals surface area contributed by atoms with Crippen LogP contribution in [0.25, 0.3) is 0 Å². The Labute approximate surface area is 263 Å². The third kappa shape index (κ3) is 28.7. The van der Waals surface area contributed by atoms with Gasteiger partial charge in [0.05, 0.1) is 0 Å². The van der Waals surface area contributed by atoms with Gasteiger partial charge < -0.3 is 0 Å². The highest BCUT2D eigenvalue weighted by atomic mass is 16.2. The van der Waals surface area contributed by atoms with Crippen molar-refractivity contribution >= 4 is 11.8 Å². The zero-order valence-corrected chi connectivity index (χ0v) is 28.8. The minimum Gasteiger partial charge on any atom is -0.283 e. The lowest BCUT2D eigenvalue weighted by Gasteiger charge is -2.20. The lowest BCUT2D eigenvalue weighted by atomic mass is 10.1. The Morgan fingerprint density at radius 3 is 0.976 bits per heavy atom. The number of imide groups is 1. The van der Waals surface area contributed by atoms with Gasteiger partial charge >= 0.3 is 0 Å². The van der Waals surface area contributed by atoms with Crippen molar-refractivity contribution in [3.05, 3.63) is 24.3 Å². The van der Waals surface area contributed by atoms with Crippen LogP contribution in [-0.2, 0) is 9.59 Å². The SMILES string of the molecule is CCCCCCCC/C=C\CCCCCCCC(=O)N(CCC)C(=O)CCCCCCC/C=C\CCCCCCCC. The maximum absolute atomic E-state index is 12.8. The second kappa shape index (κ2) is 34.1. The molecule has 3 heteroatoms. The normalized spacial score (nSPS) is 11.7. The Morgan fingerprint density at radius 1 is 0.381 bits per heavy atom. The highest BCUT2D eigenvalue weighted by Gasteiger charge is 2.19. The highest BCUT2D eigenvalue weighted by molar-refractivity contribution is 5.95. The first-order valence-electron chi connectivity index (χ1n) is 18.8. The summed E-state index contributed by atoms with van der Waals surface area (Å²) in [6.07, 6.45) is 44.0. The van der Waals surface area contributed by atoms with E-state index in [2.05, 4.69) is 45.1 Å². The topological polar surface area (TPSA) is 37.4 Å². The average molecular weight is 588 g/mol. The summed E-state index contributed by atoms with van der Waals surface area (Å²) in [6, 6.07) is 0. The summed E-state index contributed by atoms with van der Waals surface area (Å²) in [5.74, 6) is 0.0967. The molecule has 0 bridgehead atoms. The van der Waals surface area contributed by atoms with Gasteiger partial charge in [-0.2, -0.15) is 0 Å². The molecule has 0 saturated heterocycles. The molecule has 0 fully saturated rings. The molecule has 246 valence electrons. The van der Waals surface area contributed by atoms with Gasteiger partial charge in [0.25, 0.3) is 0 Å². The van der Waals surface area contributed by atoms with Crippen LogP contribution in [0.1, 0.15) is 207 Å². The fourth-order valence-electron chi connectivity index (χ4n) is 5.58. The predicted octanol–water partition coefficient (Wildman–Crippen LogP) is 12.8. The summed E-state index contributed by atoms with van der Waals surface area (Å²) >= 11 is 0. The number of hydrogen-bond acceptors (Lipinski definition) is 2. The molecule has 0 aliphatic heterocycles. The molecule has 0 aliphatic rings. The summed E-state index contributed by atoms with van der Waals surface area (Å²) < 4.78 is 0. The summed E-state index contributed by atoms with van der Waals surface area (Å²) in [6.45, 7) is 7.17. The maximum atomic E-state index is 12.8. The standard InChI is InChI=1S/C39H73NO2/c1-4-7-9-11-13-15-17-19-21-23-25-27-29-31-33-35-38(41)40(37-6-3)39(42)36-34-32-30-28-26-24-22-20-18-16-14-12-10-8-5-2/h19-22H,4-18,23-37H2,1-3H3/b21-19-,22-20-. The molecule has 0 N–H and O–H groups in total. The molecule has 0 heterocycles. The fraction of sp³-hybridized carbons (Fsp3) is 0.846. The Morgan fingerprint density at radius 2 is 0.667 bits per heavy atom. The third-order valence-corrected chi connectivity index (χ3v) is 8.35. The van der Waals surface area contributed by atoms with E-state index in [-0.39, 0.29) is 11.8 Å². The van der Waals surface area contributed by atoms with E-state index in [4.69, 9.17) is 0 Å². The molecular formula is C39H73NO2. The number of unbranched alkanes of at least 4 members (excludes halogenated alkanes) is 22. The van der Waals surface area contributed by atoms with Crippen molar-refractivity contribution in [1.29, 1.82) is 0 Å². The predicted molar refractivity (Wildman–Crippen MR) is 186 cm³/mol. The third-order valence-electron chi connectivity index (χ3n) is 8.35. The van der Waals surface area contributed by atoms with Crippen molar-refractivity contribution in [2.75, 3.05) is 6.54 Å². The molecule has 0 aromatic heterocycles. The number of nitrogens with zero attached hydrogens (tertiary/aromatic N) is 1. The summed E-state index contributed by atoms with van der Waals surface area (Å²) in [4.78, 5) is 27.1. The summed E-state index contributed by atoms with van der Waals surface area (Å²) in [7, 11) is 0. The molecule has 42 heavy (non-hydrogen) atoms. The van der Waals surface area contributed by atoms with Crippen molar-refractivity contribution in [3.63, 3.8) is 0 Å². The van der Waals surface area contributed by atoms with Gasteiger partial charge in [0, 0.05) is 19.4 Å². The average Bonchev–Trinajstić information content (AvgIpc) is 2.99. The summed E-state index contributed by atoms with van der Waals surface area (Å²) in [5, 5.41) is 0. The quantitative estimate of drug-likeness (QED) is 0.0580. The maximum Gasteiger partial charge on any atom is 0.229 e. The second-order valence-corrected chi connectivity index (χ2v) is 12.6. The number of hydrogen-bond donors (Lipinski definition) is 0. The van der Waals surface area contributed by atoms with Crippen LogP contribution in [0, 0.1) is 0 Å². The molecule has 0 aromatic rings. The van der Waals surface area contributed by atoms with Gasteiger partial charge in [-0.25, -0.2) is 0 Å². The van der Waals surface area contributed by atoms with Gasteiger partial charge in [-0.1, -0.05) is 148 Å². The van der Waals surface area contributed by atoms with Crippen molar-refractivity contribution in [1.82, 2.24) is 4.90 Å². The number of allylic oxidation sites excluding steroid dienone is 4. The van der Waals surface area contributed by atoms with Crippen LogP contribution in [0.5, 0.6) is 0 Å². The smallest absolute Gasteiger partial charge is 0.229 e. The van der Waals surface area contributed by atoms with Gasteiger partial charge in [-0.05, 0) is 70.6 Å². The Balaban J connectivity index is 3.74. The molecule has 0 aliphatic carbocycles. The van der Waals surface area contributed by atoms with Crippen LogP contribution in [0.2, 0.25) is 0 Å². The van der Waals surface area contributed by atoms with Gasteiger partial charge in [0.1, 0.15) is 0 Å². The number of amides is 2. The van der Waals surface area contributed by atoms with E-state index in [9.17, 15) is 9.59 Å². The first kappa shape index (κ1) is 40.6. The molecule has 2 amide bonds. The fourth-order valence-corrected chi connectivity index (χ4v) is 5.58. The second-order valence-electron chi connectivity index (χ2n) is 12.6. The van der Waals surface area contributed by atoms with E-state index in [0.717, 1.165) is 32.1 Å². The molecule has 0 radical (unpaired) electrons. The molecule has 3 nitrogen and oxygen atoms in total. The van der Waals surface area contributed by atoms with Crippen LogP contribution >= 0.6 is 0 Å². The number of rotatable bonds is 32. The van der Waals surface area contributed by atoms with E-state index in [1.807, 2.05) is 0 Å². The molecular weight excluding hydrogens is 514 g/mol. The first-order valence-corrected chi connectivity index (χ1v) is 18.8. The van der Waals surface area contributed by atoms with Crippen molar-refractivity contribution in [3.8, 4) is 0 Å². The lowest BCUT2D eigenvalue weighted by molar-refractivity contribution is -0.145. The van der Waals surface area contributed by atoms with Crippen LogP contribution in [-0.4, -0.2) is 23.3 Å². The molecule has 0 rings (SSSR count). The van der Waals surface area contributed by atoms with Crippen LogP contribution in [0.4, 0.5) is 0 Å². The van der Waals surface area contributed by atoms with Crippen molar-refractivity contribution in [2.45, 2.75) is 207 Å². The highest BCUT2D eigenvalue weighted by Crippen LogP contribution is 2.14. The monoisotopic (exact) mass is 588 g/mol. The zero-order valence-electron chi connectivity index (χ0n) is 28.8. The van der Waals surface area contributed by atoms with E-state index < -0.39 is 0 Å². The number of carbonyl (C=O) groups is 2. The lowest BCUT2D eigenvalue weighted by Crippen LogP contribution is -2.37. The van der Waals surface area contributed by atoms with Gasteiger partial charge in [0.15, 0.2) is 0 Å². The van der Waals surface area contributed by atoms with E-state index in [1.54, 1.807) is 4.90 Å². The molecule has 0 aromatic carbocycles. The van der Waals surface area contributed by atoms with Gasteiger partial charge in [-0.15, -0.1) is 0 Å². The Hall–Kier alpha value is -1.38. The largest absolute Gasteiger partial charge is 0.283 e. The van der Waals surface area contributed by atoms with Crippen molar-refractivity contribution < 1.29 is 9.59 Å². The molecule has 0 saturated carbocycles.